The third kappa shape index (κ3) is 7.37. The van der Waals surface area contributed by atoms with Gasteiger partial charge in [0.1, 0.15) is 28.9 Å². The summed E-state index contributed by atoms with van der Waals surface area (Å²) in [7, 11) is 0. The van der Waals surface area contributed by atoms with E-state index in [1.54, 1.807) is 13.0 Å². The largest absolute Gasteiger partial charge is 0.379 e. The summed E-state index contributed by atoms with van der Waals surface area (Å²) in [6.07, 6.45) is 12.3. The van der Waals surface area contributed by atoms with E-state index in [0.717, 1.165) is 103 Å². The third-order valence-corrected chi connectivity index (χ3v) is 12.3. The number of nitrogens with zero attached hydrogens (tertiary/aromatic N) is 11. The number of hydrogen-bond acceptors (Lipinski definition) is 11. The summed E-state index contributed by atoms with van der Waals surface area (Å²) in [6.45, 7) is 5.60. The molecular formula is C45H44ClN13O3. The summed E-state index contributed by atoms with van der Waals surface area (Å²) >= 11 is 6.29. The summed E-state index contributed by atoms with van der Waals surface area (Å²) < 4.78 is 7.42. The fourth-order valence-electron chi connectivity index (χ4n) is 8.71. The first-order valence-electron chi connectivity index (χ1n) is 21.1. The molecule has 1 atom stereocenters. The van der Waals surface area contributed by atoms with Gasteiger partial charge in [0.2, 0.25) is 11.8 Å². The fourth-order valence-corrected chi connectivity index (χ4v) is 8.83. The van der Waals surface area contributed by atoms with Gasteiger partial charge in [-0.25, -0.2) is 4.98 Å². The van der Waals surface area contributed by atoms with Crippen LogP contribution in [-0.2, 0) is 34.8 Å². The highest BCUT2D eigenvalue weighted by atomic mass is 35.5. The highest BCUT2D eigenvalue weighted by molar-refractivity contribution is 6.30. The Bertz CT molecular complexity index is 2970. The fraction of sp³-hybridized carbons (Fsp3) is 0.333. The van der Waals surface area contributed by atoms with Crippen LogP contribution in [0, 0.1) is 13.8 Å². The number of piperidine rings is 1. The highest BCUT2D eigenvalue weighted by Crippen LogP contribution is 2.52. The molecule has 0 radical (unpaired) electrons. The van der Waals surface area contributed by atoms with Crippen molar-refractivity contribution in [3.05, 3.63) is 129 Å². The molecule has 1 saturated carbocycles. The summed E-state index contributed by atoms with van der Waals surface area (Å²) in [5.74, 6) is 1.33. The minimum atomic E-state index is -0.794. The summed E-state index contributed by atoms with van der Waals surface area (Å²) in [5, 5.41) is 29.2. The van der Waals surface area contributed by atoms with Crippen LogP contribution >= 0.6 is 11.6 Å². The number of aromatic nitrogens is 10. The number of amides is 2. The monoisotopic (exact) mass is 849 g/mol. The predicted molar refractivity (Wildman–Crippen MR) is 233 cm³/mol. The molecule has 0 bridgehead atoms. The second-order valence-corrected chi connectivity index (χ2v) is 16.8. The molecule has 6 heterocycles. The quantitative estimate of drug-likeness (QED) is 0.0973. The maximum atomic E-state index is 13.8. The Morgan fingerprint density at radius 1 is 0.855 bits per heavy atom. The SMILES string of the molecule is Cc1nnc2n1-c1ccc(-c3cnn(CCCCCCn4cc(CNc5cccc6nc(C)n(C7CCC(=O)NC7=O)c(=O)c56)nn4)c3)cc1C(c1ccc(Cl)cc1)=NC21CC1. The minimum Gasteiger partial charge on any atom is -0.379 e. The number of halogens is 1. The van der Waals surface area contributed by atoms with E-state index in [9.17, 15) is 14.4 Å². The smallest absolute Gasteiger partial charge is 0.264 e. The normalized spacial score (nSPS) is 16.5. The average molecular weight is 850 g/mol. The molecule has 2 amide bonds. The summed E-state index contributed by atoms with van der Waals surface area (Å²) in [5.41, 5.74) is 7.24. The van der Waals surface area contributed by atoms with E-state index in [4.69, 9.17) is 21.7 Å². The van der Waals surface area contributed by atoms with Crippen LogP contribution in [0.1, 0.15) is 91.7 Å². The molecule has 2 fully saturated rings. The number of unbranched alkanes of at least 4 members (excludes halogenated alkanes) is 3. The molecule has 16 nitrogen and oxygen atoms in total. The molecule has 10 rings (SSSR count). The number of carbonyl (C=O) groups excluding carboxylic acids is 2. The van der Waals surface area contributed by atoms with E-state index in [0.29, 0.717) is 34.0 Å². The molecule has 62 heavy (non-hydrogen) atoms. The second-order valence-electron chi connectivity index (χ2n) is 16.4. The molecule has 314 valence electrons. The lowest BCUT2D eigenvalue weighted by atomic mass is 9.96. The van der Waals surface area contributed by atoms with Crippen molar-refractivity contribution in [2.45, 2.75) is 96.4 Å². The van der Waals surface area contributed by atoms with Crippen molar-refractivity contribution in [1.29, 1.82) is 0 Å². The Hall–Kier alpha value is -6.81. The number of aliphatic imine (C=N–C) groups is 1. The Morgan fingerprint density at radius 3 is 2.44 bits per heavy atom. The van der Waals surface area contributed by atoms with Crippen LogP contribution in [0.4, 0.5) is 5.69 Å². The first-order chi connectivity index (χ1) is 30.1. The first kappa shape index (κ1) is 39.3. The zero-order valence-corrected chi connectivity index (χ0v) is 35.1. The van der Waals surface area contributed by atoms with Gasteiger partial charge in [-0.05, 0) is 87.9 Å². The van der Waals surface area contributed by atoms with E-state index in [1.165, 1.54) is 4.57 Å². The van der Waals surface area contributed by atoms with Crippen molar-refractivity contribution in [3.63, 3.8) is 0 Å². The zero-order chi connectivity index (χ0) is 42.5. The lowest BCUT2D eigenvalue weighted by Crippen LogP contribution is -2.45. The molecule has 17 heteroatoms. The van der Waals surface area contributed by atoms with Crippen molar-refractivity contribution < 1.29 is 9.59 Å². The number of rotatable bonds is 13. The molecule has 2 aliphatic heterocycles. The lowest BCUT2D eigenvalue weighted by Gasteiger charge is -2.24. The van der Waals surface area contributed by atoms with Crippen molar-refractivity contribution in [2.75, 3.05) is 5.32 Å². The topological polar surface area (TPSA) is 185 Å². The standard InChI is InChI=1S/C45H44ClN13O3/c1-27-49-36-9-7-8-35(40(36)43(62)58(27)38-16-17-39(60)50-42(38)61)47-24-33-26-57(55-53-33)21-6-4-3-5-20-56-25-31(23-48-56)30-12-15-37-34(22-30)41(29-10-13-32(46)14-11-29)51-45(18-19-45)44-54-52-28(2)59(37)44/h7-15,22-23,25-26,38,47H,3-6,16-21,24H2,1-2H3,(H,50,60,61). The van der Waals surface area contributed by atoms with Crippen LogP contribution in [0.3, 0.4) is 0 Å². The van der Waals surface area contributed by atoms with Crippen molar-refractivity contribution in [1.82, 2.24) is 54.4 Å². The number of benzene rings is 3. The Labute approximate surface area is 361 Å². The molecule has 3 aromatic carbocycles. The minimum absolute atomic E-state index is 0.165. The van der Waals surface area contributed by atoms with E-state index >= 15 is 0 Å². The Balaban J connectivity index is 0.744. The molecule has 7 aromatic rings. The molecule has 4 aromatic heterocycles. The van der Waals surface area contributed by atoms with E-state index in [-0.39, 0.29) is 29.8 Å². The number of anilines is 1. The number of nitrogens with one attached hydrogen (secondary N) is 2. The van der Waals surface area contributed by atoms with Crippen LogP contribution < -0.4 is 16.2 Å². The molecule has 1 saturated heterocycles. The van der Waals surface area contributed by atoms with Crippen LogP contribution in [0.15, 0.2) is 89.0 Å². The Kier molecular flexibility index (Phi) is 10.1. The van der Waals surface area contributed by atoms with Gasteiger partial charge in [-0.3, -0.25) is 43.2 Å². The third-order valence-electron chi connectivity index (χ3n) is 12.1. The van der Waals surface area contributed by atoms with Gasteiger partial charge in [0.05, 0.1) is 41.2 Å². The summed E-state index contributed by atoms with van der Waals surface area (Å²) in [4.78, 5) is 48.2. The number of fused-ring (bicyclic) bond motifs is 5. The van der Waals surface area contributed by atoms with Crippen molar-refractivity contribution in [3.8, 4) is 16.8 Å². The van der Waals surface area contributed by atoms with Gasteiger partial charge in [-0.15, -0.1) is 15.3 Å². The first-order valence-corrected chi connectivity index (χ1v) is 21.5. The maximum absolute atomic E-state index is 13.8. The van der Waals surface area contributed by atoms with Gasteiger partial charge in [-0.1, -0.05) is 53.9 Å². The zero-order valence-electron chi connectivity index (χ0n) is 34.4. The molecule has 3 aliphatic rings. The van der Waals surface area contributed by atoms with Gasteiger partial charge in [-0.2, -0.15) is 5.10 Å². The van der Waals surface area contributed by atoms with Crippen LogP contribution in [0.2, 0.25) is 5.02 Å². The van der Waals surface area contributed by atoms with Gasteiger partial charge < -0.3 is 5.32 Å². The molecular weight excluding hydrogens is 806 g/mol. The van der Waals surface area contributed by atoms with Crippen LogP contribution in [0.25, 0.3) is 27.7 Å². The van der Waals surface area contributed by atoms with Crippen molar-refractivity contribution >= 4 is 45.7 Å². The highest BCUT2D eigenvalue weighted by Gasteiger charge is 2.51. The van der Waals surface area contributed by atoms with Gasteiger partial charge in [0.15, 0.2) is 5.82 Å². The maximum Gasteiger partial charge on any atom is 0.264 e. The van der Waals surface area contributed by atoms with E-state index in [1.807, 2.05) is 65.1 Å². The van der Waals surface area contributed by atoms with Gasteiger partial charge >= 0.3 is 0 Å². The molecule has 1 spiro atoms. The molecule has 1 aliphatic carbocycles. The van der Waals surface area contributed by atoms with Crippen LogP contribution in [0.5, 0.6) is 0 Å². The summed E-state index contributed by atoms with van der Waals surface area (Å²) in [6, 6.07) is 19.0. The average Bonchev–Trinajstić information content (AvgIpc) is 3.52. The van der Waals surface area contributed by atoms with Gasteiger partial charge in [0, 0.05) is 53.1 Å². The number of imide groups is 1. The second kappa shape index (κ2) is 15.9. The number of aryl methyl sites for hydroxylation is 4. The van der Waals surface area contributed by atoms with E-state index < -0.39 is 11.9 Å². The number of hydrogen-bond donors (Lipinski definition) is 2. The molecule has 1 unspecified atom stereocenters. The van der Waals surface area contributed by atoms with Crippen LogP contribution in [-0.4, -0.2) is 66.6 Å². The predicted octanol–water partition coefficient (Wildman–Crippen LogP) is 6.39. The van der Waals surface area contributed by atoms with Gasteiger partial charge in [0.25, 0.3) is 5.56 Å². The Morgan fingerprint density at radius 2 is 1.65 bits per heavy atom. The van der Waals surface area contributed by atoms with Crippen molar-refractivity contribution in [2.24, 2.45) is 4.99 Å². The lowest BCUT2D eigenvalue weighted by molar-refractivity contribution is -0.135. The molecule has 2 N–H and O–H groups in total. The number of carbonyl (C=O) groups is 2. The van der Waals surface area contributed by atoms with E-state index in [2.05, 4.69) is 65.1 Å².